The van der Waals surface area contributed by atoms with E-state index in [1.165, 1.54) is 17.8 Å². The van der Waals surface area contributed by atoms with Crippen LogP contribution in [0.15, 0.2) is 29.3 Å². The number of carbonyl (C=O) groups is 1. The number of aromatic carboxylic acids is 1. The first-order valence-corrected chi connectivity index (χ1v) is 7.48. The van der Waals surface area contributed by atoms with E-state index >= 15 is 0 Å². The van der Waals surface area contributed by atoms with Gasteiger partial charge in [-0.2, -0.15) is 0 Å². The van der Waals surface area contributed by atoms with Gasteiger partial charge in [0.1, 0.15) is 22.2 Å². The van der Waals surface area contributed by atoms with Gasteiger partial charge in [0.25, 0.3) is 0 Å². The van der Waals surface area contributed by atoms with Gasteiger partial charge >= 0.3 is 5.97 Å². The van der Waals surface area contributed by atoms with E-state index in [9.17, 15) is 14.3 Å². The number of halogens is 1. The van der Waals surface area contributed by atoms with Gasteiger partial charge in [-0.15, -0.1) is 11.8 Å². The average Bonchev–Trinajstić information content (AvgIpc) is 2.45. The monoisotopic (exact) mass is 306 g/mol. The zero-order valence-electron chi connectivity index (χ0n) is 11.8. The summed E-state index contributed by atoms with van der Waals surface area (Å²) in [5.74, 6) is -0.449. The second-order valence-electron chi connectivity index (χ2n) is 4.44. The van der Waals surface area contributed by atoms with Crippen LogP contribution in [0.5, 0.6) is 0 Å². The highest BCUT2D eigenvalue weighted by atomic mass is 32.2. The first kappa shape index (κ1) is 15.4. The molecule has 4 nitrogen and oxygen atoms in total. The number of aryl methyl sites for hydroxylation is 2. The molecule has 0 radical (unpaired) electrons. The van der Waals surface area contributed by atoms with Crippen LogP contribution < -0.4 is 0 Å². The summed E-state index contributed by atoms with van der Waals surface area (Å²) in [4.78, 5) is 19.8. The van der Waals surface area contributed by atoms with Gasteiger partial charge in [0.05, 0.1) is 5.69 Å². The second-order valence-corrected chi connectivity index (χ2v) is 5.41. The van der Waals surface area contributed by atoms with Crippen LogP contribution >= 0.6 is 11.8 Å². The summed E-state index contributed by atoms with van der Waals surface area (Å²) in [6, 6.07) is 6.43. The summed E-state index contributed by atoms with van der Waals surface area (Å²) in [5.41, 5.74) is 1.05. The molecule has 1 aromatic carbocycles. The van der Waals surface area contributed by atoms with E-state index in [1.807, 2.05) is 6.92 Å². The standard InChI is InChI=1S/C15H15FN2O2S/c1-3-12-17-9(2)13(15(19)20)14(18-12)21-8-10-6-4-5-7-11(10)16/h4-7H,3,8H2,1-2H3,(H,19,20). The van der Waals surface area contributed by atoms with E-state index in [1.54, 1.807) is 25.1 Å². The molecule has 0 saturated carbocycles. The van der Waals surface area contributed by atoms with E-state index in [2.05, 4.69) is 9.97 Å². The third-order valence-corrected chi connectivity index (χ3v) is 3.98. The van der Waals surface area contributed by atoms with Gasteiger partial charge in [0.2, 0.25) is 0 Å². The lowest BCUT2D eigenvalue weighted by Crippen LogP contribution is -2.09. The maximum atomic E-state index is 13.6. The number of aromatic nitrogens is 2. The van der Waals surface area contributed by atoms with Crippen LogP contribution in [0.1, 0.15) is 34.4 Å². The van der Waals surface area contributed by atoms with E-state index in [0.717, 1.165) is 0 Å². The highest BCUT2D eigenvalue weighted by molar-refractivity contribution is 7.98. The molecule has 0 aliphatic rings. The predicted molar refractivity (Wildman–Crippen MR) is 79.1 cm³/mol. The molecule has 110 valence electrons. The Labute approximate surface area is 126 Å². The molecule has 0 unspecified atom stereocenters. The number of rotatable bonds is 5. The van der Waals surface area contributed by atoms with Crippen LogP contribution in [0.4, 0.5) is 4.39 Å². The Balaban J connectivity index is 2.32. The summed E-state index contributed by atoms with van der Waals surface area (Å²) in [6.07, 6.45) is 0.619. The molecule has 0 atom stereocenters. The molecule has 21 heavy (non-hydrogen) atoms. The fourth-order valence-electron chi connectivity index (χ4n) is 1.87. The van der Waals surface area contributed by atoms with E-state index in [4.69, 9.17) is 0 Å². The lowest BCUT2D eigenvalue weighted by Gasteiger charge is -2.09. The van der Waals surface area contributed by atoms with Crippen LogP contribution in [0.2, 0.25) is 0 Å². The van der Waals surface area contributed by atoms with E-state index in [0.29, 0.717) is 34.3 Å². The molecule has 0 aliphatic carbocycles. The zero-order chi connectivity index (χ0) is 15.4. The molecule has 2 rings (SSSR count). The first-order chi connectivity index (χ1) is 10.0. The molecule has 2 aromatic rings. The molecule has 1 N–H and O–H groups in total. The van der Waals surface area contributed by atoms with Gasteiger partial charge in [-0.05, 0) is 18.6 Å². The van der Waals surface area contributed by atoms with Gasteiger partial charge in [0, 0.05) is 12.2 Å². The minimum atomic E-state index is -1.06. The van der Waals surface area contributed by atoms with Crippen molar-refractivity contribution in [1.82, 2.24) is 9.97 Å². The zero-order valence-corrected chi connectivity index (χ0v) is 12.6. The predicted octanol–water partition coefficient (Wildman–Crippen LogP) is 3.48. The number of nitrogens with zero attached hydrogens (tertiary/aromatic N) is 2. The number of benzene rings is 1. The minimum Gasteiger partial charge on any atom is -0.478 e. The number of hydrogen-bond acceptors (Lipinski definition) is 4. The first-order valence-electron chi connectivity index (χ1n) is 6.50. The molecule has 0 aliphatic heterocycles. The smallest absolute Gasteiger partial charge is 0.340 e. The maximum absolute atomic E-state index is 13.6. The van der Waals surface area contributed by atoms with Crippen molar-refractivity contribution < 1.29 is 14.3 Å². The largest absolute Gasteiger partial charge is 0.478 e. The number of hydrogen-bond donors (Lipinski definition) is 1. The van der Waals surface area contributed by atoms with Gasteiger partial charge in [-0.25, -0.2) is 19.2 Å². The van der Waals surface area contributed by atoms with E-state index < -0.39 is 5.97 Å². The van der Waals surface area contributed by atoms with Crippen molar-refractivity contribution >= 4 is 17.7 Å². The Morgan fingerprint density at radius 3 is 2.67 bits per heavy atom. The number of carboxylic acid groups (broad SMARTS) is 1. The lowest BCUT2D eigenvalue weighted by atomic mass is 10.2. The van der Waals surface area contributed by atoms with Gasteiger partial charge in [-0.1, -0.05) is 25.1 Å². The Morgan fingerprint density at radius 2 is 2.05 bits per heavy atom. The molecule has 1 aromatic heterocycles. The van der Waals surface area contributed by atoms with Crippen molar-refractivity contribution in [3.05, 3.63) is 52.7 Å². The highest BCUT2D eigenvalue weighted by Gasteiger charge is 2.18. The summed E-state index contributed by atoms with van der Waals surface area (Å²) in [5, 5.41) is 9.68. The topological polar surface area (TPSA) is 63.1 Å². The summed E-state index contributed by atoms with van der Waals surface area (Å²) >= 11 is 1.21. The minimum absolute atomic E-state index is 0.0912. The van der Waals surface area contributed by atoms with Crippen LogP contribution in [0, 0.1) is 12.7 Å². The Bertz CT molecular complexity index is 677. The molecule has 0 fully saturated rings. The van der Waals surface area contributed by atoms with Gasteiger partial charge in [-0.3, -0.25) is 0 Å². The number of thioether (sulfide) groups is 1. The fourth-order valence-corrected chi connectivity index (χ4v) is 2.95. The van der Waals surface area contributed by atoms with E-state index in [-0.39, 0.29) is 11.4 Å². The third kappa shape index (κ3) is 3.58. The number of carboxylic acids is 1. The molecule has 0 saturated heterocycles. The Morgan fingerprint density at radius 1 is 1.33 bits per heavy atom. The third-order valence-electron chi connectivity index (χ3n) is 2.96. The van der Waals surface area contributed by atoms with Gasteiger partial charge in [0.15, 0.2) is 0 Å². The quantitative estimate of drug-likeness (QED) is 0.677. The van der Waals surface area contributed by atoms with Gasteiger partial charge < -0.3 is 5.11 Å². The Kier molecular flexibility index (Phi) is 4.90. The summed E-state index contributed by atoms with van der Waals surface area (Å²) < 4.78 is 13.6. The fraction of sp³-hybridized carbons (Fsp3) is 0.267. The summed E-state index contributed by atoms with van der Waals surface area (Å²) in [6.45, 7) is 3.55. The van der Waals surface area contributed by atoms with Crippen molar-refractivity contribution in [3.63, 3.8) is 0 Å². The molecule has 0 spiro atoms. The molecular formula is C15H15FN2O2S. The van der Waals surface area contributed by atoms with Crippen molar-refractivity contribution in [2.24, 2.45) is 0 Å². The van der Waals surface area contributed by atoms with Crippen molar-refractivity contribution in [3.8, 4) is 0 Å². The SMILES string of the molecule is CCc1nc(C)c(C(=O)O)c(SCc2ccccc2F)n1. The molecule has 6 heteroatoms. The van der Waals surface area contributed by atoms with Crippen LogP contribution in [-0.4, -0.2) is 21.0 Å². The molecular weight excluding hydrogens is 291 g/mol. The molecule has 0 bridgehead atoms. The van der Waals surface area contributed by atoms with Crippen molar-refractivity contribution in [1.29, 1.82) is 0 Å². The van der Waals surface area contributed by atoms with Crippen LogP contribution in [0.25, 0.3) is 0 Å². The van der Waals surface area contributed by atoms with Crippen molar-refractivity contribution in [2.45, 2.75) is 31.0 Å². The second kappa shape index (κ2) is 6.67. The van der Waals surface area contributed by atoms with Crippen LogP contribution in [0.3, 0.4) is 0 Å². The highest BCUT2D eigenvalue weighted by Crippen LogP contribution is 2.27. The van der Waals surface area contributed by atoms with Crippen LogP contribution in [-0.2, 0) is 12.2 Å². The molecule has 0 amide bonds. The average molecular weight is 306 g/mol. The summed E-state index contributed by atoms with van der Waals surface area (Å²) in [7, 11) is 0. The lowest BCUT2D eigenvalue weighted by molar-refractivity contribution is 0.0690. The Hall–Kier alpha value is -1.95. The normalized spacial score (nSPS) is 10.6. The molecule has 1 heterocycles. The van der Waals surface area contributed by atoms with Crippen molar-refractivity contribution in [2.75, 3.05) is 0 Å². The maximum Gasteiger partial charge on any atom is 0.340 e.